The topological polar surface area (TPSA) is 42.0 Å². The van der Waals surface area contributed by atoms with Crippen molar-refractivity contribution in [2.75, 3.05) is 0 Å². The van der Waals surface area contributed by atoms with Crippen molar-refractivity contribution in [2.45, 2.75) is 51.5 Å². The molecule has 0 bridgehead atoms. The van der Waals surface area contributed by atoms with E-state index >= 15 is 0 Å². The van der Waals surface area contributed by atoms with Crippen LogP contribution in [-0.4, -0.2) is 16.9 Å². The molecule has 0 saturated heterocycles. The standard InChI is InChI=1S/C18H24N2OS/c1-14(18(2,3)15-8-5-4-6-9-15)20-16(21)10-7-11-17-19-12-13-22-17/h4-6,8-9,12-14H,7,10-11H2,1-3H3,(H,20,21)/t14-/m1/s1. The van der Waals surface area contributed by atoms with Crippen molar-refractivity contribution in [1.82, 2.24) is 10.3 Å². The molecule has 0 aliphatic heterocycles. The number of nitrogens with zero attached hydrogens (tertiary/aromatic N) is 1. The van der Waals surface area contributed by atoms with Crippen LogP contribution in [0.25, 0.3) is 0 Å². The number of amides is 1. The van der Waals surface area contributed by atoms with E-state index in [1.54, 1.807) is 11.3 Å². The summed E-state index contributed by atoms with van der Waals surface area (Å²) in [6.07, 6.45) is 4.08. The minimum Gasteiger partial charge on any atom is -0.353 e. The maximum Gasteiger partial charge on any atom is 0.220 e. The predicted octanol–water partition coefficient (Wildman–Crippen LogP) is 3.95. The highest BCUT2D eigenvalue weighted by Gasteiger charge is 2.28. The van der Waals surface area contributed by atoms with Gasteiger partial charge in [0.1, 0.15) is 0 Å². The van der Waals surface area contributed by atoms with Crippen LogP contribution in [0.4, 0.5) is 0 Å². The number of hydrogen-bond donors (Lipinski definition) is 1. The van der Waals surface area contributed by atoms with Crippen LogP contribution >= 0.6 is 11.3 Å². The molecule has 0 fully saturated rings. The Bertz CT molecular complexity index is 578. The van der Waals surface area contributed by atoms with Gasteiger partial charge in [-0.15, -0.1) is 11.3 Å². The van der Waals surface area contributed by atoms with Crippen molar-refractivity contribution < 1.29 is 4.79 Å². The smallest absolute Gasteiger partial charge is 0.220 e. The molecule has 0 saturated carbocycles. The van der Waals surface area contributed by atoms with E-state index in [1.807, 2.05) is 29.8 Å². The minimum atomic E-state index is -0.0910. The Morgan fingerprint density at radius 2 is 2.05 bits per heavy atom. The molecule has 2 rings (SSSR count). The molecule has 22 heavy (non-hydrogen) atoms. The first-order chi connectivity index (χ1) is 10.5. The van der Waals surface area contributed by atoms with Crippen molar-refractivity contribution in [1.29, 1.82) is 0 Å². The molecule has 2 aromatic rings. The normalized spacial score (nSPS) is 12.9. The van der Waals surface area contributed by atoms with Crippen molar-refractivity contribution in [2.24, 2.45) is 0 Å². The Kier molecular flexibility index (Phi) is 5.72. The van der Waals surface area contributed by atoms with Crippen LogP contribution in [0.15, 0.2) is 41.9 Å². The van der Waals surface area contributed by atoms with Gasteiger partial charge in [0.2, 0.25) is 5.91 Å². The summed E-state index contributed by atoms with van der Waals surface area (Å²) in [6.45, 7) is 6.41. The maximum absolute atomic E-state index is 12.1. The number of aryl methyl sites for hydroxylation is 1. The van der Waals surface area contributed by atoms with Gasteiger partial charge in [-0.2, -0.15) is 0 Å². The van der Waals surface area contributed by atoms with Crippen molar-refractivity contribution in [3.63, 3.8) is 0 Å². The van der Waals surface area contributed by atoms with Gasteiger partial charge in [0.15, 0.2) is 0 Å². The molecule has 1 N–H and O–H groups in total. The molecule has 1 atom stereocenters. The number of carbonyl (C=O) groups is 1. The molecule has 1 aromatic carbocycles. The summed E-state index contributed by atoms with van der Waals surface area (Å²) < 4.78 is 0. The number of benzene rings is 1. The summed E-state index contributed by atoms with van der Waals surface area (Å²) in [7, 11) is 0. The molecule has 1 heterocycles. The number of carbonyl (C=O) groups excluding carboxylic acids is 1. The van der Waals surface area contributed by atoms with Crippen LogP contribution in [0, 0.1) is 0 Å². The van der Waals surface area contributed by atoms with Gasteiger partial charge >= 0.3 is 0 Å². The lowest BCUT2D eigenvalue weighted by molar-refractivity contribution is -0.122. The zero-order valence-corrected chi connectivity index (χ0v) is 14.3. The fourth-order valence-corrected chi connectivity index (χ4v) is 3.05. The van der Waals surface area contributed by atoms with Gasteiger partial charge in [-0.3, -0.25) is 4.79 Å². The van der Waals surface area contributed by atoms with Gasteiger partial charge in [0, 0.05) is 29.5 Å². The lowest BCUT2D eigenvalue weighted by Crippen LogP contribution is -2.45. The Balaban J connectivity index is 1.82. The molecule has 0 spiro atoms. The molecule has 1 amide bonds. The van der Waals surface area contributed by atoms with Crippen LogP contribution in [0.2, 0.25) is 0 Å². The molecule has 1 aromatic heterocycles. The molecule has 118 valence electrons. The Labute approximate surface area is 136 Å². The first kappa shape index (κ1) is 16.7. The number of nitrogens with one attached hydrogen (secondary N) is 1. The highest BCUT2D eigenvalue weighted by atomic mass is 32.1. The third kappa shape index (κ3) is 4.41. The molecule has 3 nitrogen and oxygen atoms in total. The fourth-order valence-electron chi connectivity index (χ4n) is 2.39. The second-order valence-electron chi connectivity index (χ2n) is 6.16. The SMILES string of the molecule is C[C@@H](NC(=O)CCCc1nccs1)C(C)(C)c1ccccc1. The molecular formula is C18H24N2OS. The number of hydrogen-bond acceptors (Lipinski definition) is 3. The Morgan fingerprint density at radius 3 is 2.68 bits per heavy atom. The summed E-state index contributed by atoms with van der Waals surface area (Å²) in [5, 5.41) is 6.22. The van der Waals surface area contributed by atoms with E-state index in [9.17, 15) is 4.79 Å². The van der Waals surface area contributed by atoms with Crippen molar-refractivity contribution >= 4 is 17.2 Å². The van der Waals surface area contributed by atoms with Crippen LogP contribution < -0.4 is 5.32 Å². The number of rotatable bonds is 7. The maximum atomic E-state index is 12.1. The summed E-state index contributed by atoms with van der Waals surface area (Å²) >= 11 is 1.65. The molecule has 0 aliphatic rings. The van der Waals surface area contributed by atoms with E-state index in [2.05, 4.69) is 43.2 Å². The van der Waals surface area contributed by atoms with Crippen molar-refractivity contribution in [3.05, 3.63) is 52.5 Å². The zero-order valence-electron chi connectivity index (χ0n) is 13.5. The van der Waals surface area contributed by atoms with E-state index in [4.69, 9.17) is 0 Å². The van der Waals surface area contributed by atoms with Gasteiger partial charge < -0.3 is 5.32 Å². The Morgan fingerprint density at radius 1 is 1.32 bits per heavy atom. The van der Waals surface area contributed by atoms with Gasteiger partial charge in [-0.05, 0) is 25.3 Å². The first-order valence-electron chi connectivity index (χ1n) is 7.73. The third-order valence-corrected chi connectivity index (χ3v) is 5.10. The second kappa shape index (κ2) is 7.54. The minimum absolute atomic E-state index is 0.0854. The van der Waals surface area contributed by atoms with E-state index in [1.165, 1.54) is 5.56 Å². The quantitative estimate of drug-likeness (QED) is 0.840. The van der Waals surface area contributed by atoms with E-state index in [-0.39, 0.29) is 17.4 Å². The summed E-state index contributed by atoms with van der Waals surface area (Å²) in [4.78, 5) is 16.4. The molecular weight excluding hydrogens is 292 g/mol. The van der Waals surface area contributed by atoms with E-state index in [0.29, 0.717) is 6.42 Å². The highest BCUT2D eigenvalue weighted by molar-refractivity contribution is 7.09. The third-order valence-electron chi connectivity index (χ3n) is 4.26. The van der Waals surface area contributed by atoms with Crippen LogP contribution in [0.5, 0.6) is 0 Å². The van der Waals surface area contributed by atoms with Gasteiger partial charge in [0.25, 0.3) is 0 Å². The lowest BCUT2D eigenvalue weighted by Gasteiger charge is -2.33. The molecule has 0 aliphatic carbocycles. The average Bonchev–Trinajstić information content (AvgIpc) is 3.01. The largest absolute Gasteiger partial charge is 0.353 e. The van der Waals surface area contributed by atoms with Crippen LogP contribution in [0.1, 0.15) is 44.2 Å². The summed E-state index contributed by atoms with van der Waals surface area (Å²) in [6, 6.07) is 10.4. The molecule has 0 unspecified atom stereocenters. The average molecular weight is 316 g/mol. The summed E-state index contributed by atoms with van der Waals surface area (Å²) in [5.74, 6) is 0.119. The van der Waals surface area contributed by atoms with Gasteiger partial charge in [-0.25, -0.2) is 4.98 Å². The Hall–Kier alpha value is -1.68. The first-order valence-corrected chi connectivity index (χ1v) is 8.61. The zero-order chi connectivity index (χ0) is 16.0. The summed E-state index contributed by atoms with van der Waals surface area (Å²) in [5.41, 5.74) is 1.15. The van der Waals surface area contributed by atoms with Crippen LogP contribution in [-0.2, 0) is 16.6 Å². The number of thiazole rings is 1. The number of aromatic nitrogens is 1. The molecule has 4 heteroatoms. The second-order valence-corrected chi connectivity index (χ2v) is 7.14. The fraction of sp³-hybridized carbons (Fsp3) is 0.444. The lowest BCUT2D eigenvalue weighted by atomic mass is 9.78. The van der Waals surface area contributed by atoms with Gasteiger partial charge in [-0.1, -0.05) is 44.2 Å². The van der Waals surface area contributed by atoms with E-state index < -0.39 is 0 Å². The highest BCUT2D eigenvalue weighted by Crippen LogP contribution is 2.26. The molecule has 0 radical (unpaired) electrons. The van der Waals surface area contributed by atoms with Crippen molar-refractivity contribution in [3.8, 4) is 0 Å². The predicted molar refractivity (Wildman–Crippen MR) is 92.1 cm³/mol. The monoisotopic (exact) mass is 316 g/mol. The van der Waals surface area contributed by atoms with E-state index in [0.717, 1.165) is 17.8 Å². The van der Waals surface area contributed by atoms with Gasteiger partial charge in [0.05, 0.1) is 5.01 Å². The van der Waals surface area contributed by atoms with Crippen LogP contribution in [0.3, 0.4) is 0 Å².